The number of nitrogens with one attached hydrogen (secondary N) is 1. The van der Waals surface area contributed by atoms with Crippen LogP contribution in [0.1, 0.15) is 26.7 Å². The van der Waals surface area contributed by atoms with E-state index in [1.165, 1.54) is 0 Å². The molecule has 1 saturated heterocycles. The lowest BCUT2D eigenvalue weighted by Gasteiger charge is -2.27. The summed E-state index contributed by atoms with van der Waals surface area (Å²) in [6.07, 6.45) is 2.15. The topological polar surface area (TPSA) is 72.4 Å². The summed E-state index contributed by atoms with van der Waals surface area (Å²) in [5.74, 6) is 1.17. The molecule has 1 aromatic rings. The molecule has 7 heteroatoms. The van der Waals surface area contributed by atoms with Crippen molar-refractivity contribution in [2.45, 2.75) is 32.8 Å². The smallest absolute Gasteiger partial charge is 0.323 e. The van der Waals surface area contributed by atoms with Crippen LogP contribution in [0.4, 0.5) is 11.9 Å². The van der Waals surface area contributed by atoms with Crippen LogP contribution < -0.4 is 15.0 Å². The summed E-state index contributed by atoms with van der Waals surface area (Å²) in [4.78, 5) is 15.1. The second kappa shape index (κ2) is 7.23. The average Bonchev–Trinajstić information content (AvgIpc) is 2.48. The quantitative estimate of drug-likeness (QED) is 0.843. The van der Waals surface area contributed by atoms with Crippen molar-refractivity contribution in [3.8, 4) is 6.01 Å². The molecule has 0 bridgehead atoms. The Hall–Kier alpha value is -1.63. The maximum atomic E-state index is 5.77. The Labute approximate surface area is 119 Å². The molecule has 0 radical (unpaired) electrons. The van der Waals surface area contributed by atoms with Gasteiger partial charge in [0.25, 0.3) is 0 Å². The number of nitrogens with zero attached hydrogens (tertiary/aromatic N) is 4. The van der Waals surface area contributed by atoms with Crippen molar-refractivity contribution in [1.82, 2.24) is 15.0 Å². The van der Waals surface area contributed by atoms with E-state index in [-0.39, 0.29) is 6.10 Å². The zero-order chi connectivity index (χ0) is 14.4. The minimum atomic E-state index is 0.102. The van der Waals surface area contributed by atoms with E-state index < -0.39 is 0 Å². The normalized spacial score (nSPS) is 16.9. The molecule has 1 N–H and O–H groups in total. The van der Waals surface area contributed by atoms with E-state index in [1.54, 1.807) is 7.05 Å². The van der Waals surface area contributed by atoms with Crippen LogP contribution in [0.15, 0.2) is 0 Å². The molecule has 1 aliphatic heterocycles. The van der Waals surface area contributed by atoms with Crippen LogP contribution in [0, 0.1) is 0 Å². The first-order valence-corrected chi connectivity index (χ1v) is 7.16. The monoisotopic (exact) mass is 281 g/mol. The molecule has 1 fully saturated rings. The second-order valence-electron chi connectivity index (χ2n) is 4.81. The van der Waals surface area contributed by atoms with E-state index in [4.69, 9.17) is 9.47 Å². The molecular weight excluding hydrogens is 258 g/mol. The maximum Gasteiger partial charge on any atom is 0.323 e. The fourth-order valence-corrected chi connectivity index (χ4v) is 2.06. The third-order valence-corrected chi connectivity index (χ3v) is 3.12. The zero-order valence-corrected chi connectivity index (χ0v) is 12.4. The number of rotatable bonds is 6. The number of hydrogen-bond donors (Lipinski definition) is 1. The van der Waals surface area contributed by atoms with E-state index in [2.05, 4.69) is 32.1 Å². The highest BCUT2D eigenvalue weighted by molar-refractivity contribution is 5.38. The molecule has 0 amide bonds. The predicted octanol–water partition coefficient (Wildman–Crippen LogP) is 1.32. The second-order valence-corrected chi connectivity index (χ2v) is 4.81. The Balaban J connectivity index is 2.14. The average molecular weight is 281 g/mol. The molecule has 0 saturated carbocycles. The molecule has 2 heterocycles. The van der Waals surface area contributed by atoms with Gasteiger partial charge in [0, 0.05) is 20.1 Å². The van der Waals surface area contributed by atoms with Gasteiger partial charge in [-0.05, 0) is 13.3 Å². The number of ether oxygens (including phenoxy) is 2. The van der Waals surface area contributed by atoms with E-state index in [1.807, 2.05) is 6.92 Å². The van der Waals surface area contributed by atoms with Gasteiger partial charge >= 0.3 is 6.01 Å². The highest BCUT2D eigenvalue weighted by atomic mass is 16.5. The van der Waals surface area contributed by atoms with E-state index >= 15 is 0 Å². The summed E-state index contributed by atoms with van der Waals surface area (Å²) in [6, 6.07) is 0.381. The van der Waals surface area contributed by atoms with Gasteiger partial charge in [-0.2, -0.15) is 15.0 Å². The number of anilines is 2. The van der Waals surface area contributed by atoms with Crippen molar-refractivity contribution < 1.29 is 9.47 Å². The molecule has 1 aromatic heterocycles. The lowest BCUT2D eigenvalue weighted by atomic mass is 10.2. The third kappa shape index (κ3) is 3.93. The molecule has 7 nitrogen and oxygen atoms in total. The molecule has 20 heavy (non-hydrogen) atoms. The number of hydrogen-bond acceptors (Lipinski definition) is 7. The van der Waals surface area contributed by atoms with Crippen LogP contribution in [-0.4, -0.2) is 54.4 Å². The summed E-state index contributed by atoms with van der Waals surface area (Å²) in [7, 11) is 1.79. The van der Waals surface area contributed by atoms with Gasteiger partial charge in [0.15, 0.2) is 0 Å². The van der Waals surface area contributed by atoms with Crippen molar-refractivity contribution >= 4 is 11.9 Å². The van der Waals surface area contributed by atoms with Crippen LogP contribution >= 0.6 is 0 Å². The van der Waals surface area contributed by atoms with Gasteiger partial charge in [-0.15, -0.1) is 0 Å². The Kier molecular flexibility index (Phi) is 5.34. The van der Waals surface area contributed by atoms with Gasteiger partial charge in [0.2, 0.25) is 11.9 Å². The summed E-state index contributed by atoms with van der Waals surface area (Å²) in [5, 5.41) is 2.95. The summed E-state index contributed by atoms with van der Waals surface area (Å²) < 4.78 is 11.1. The van der Waals surface area contributed by atoms with Gasteiger partial charge in [-0.25, -0.2) is 0 Å². The van der Waals surface area contributed by atoms with Crippen molar-refractivity contribution in [2.75, 3.05) is 43.6 Å². The van der Waals surface area contributed by atoms with Crippen molar-refractivity contribution in [3.63, 3.8) is 0 Å². The standard InChI is InChI=1S/C13H23N5O2/c1-4-5-10(2)20-13-16-11(14-3)15-12(17-13)18-6-8-19-9-7-18/h10H,4-9H2,1-3H3,(H,14,15,16,17). The lowest BCUT2D eigenvalue weighted by molar-refractivity contribution is 0.121. The molecule has 0 aromatic carbocycles. The minimum absolute atomic E-state index is 0.102. The van der Waals surface area contributed by atoms with Crippen molar-refractivity contribution in [3.05, 3.63) is 0 Å². The highest BCUT2D eigenvalue weighted by Gasteiger charge is 2.17. The molecule has 112 valence electrons. The van der Waals surface area contributed by atoms with Gasteiger partial charge in [-0.3, -0.25) is 0 Å². The van der Waals surface area contributed by atoms with Crippen LogP contribution in [0.2, 0.25) is 0 Å². The van der Waals surface area contributed by atoms with E-state index in [9.17, 15) is 0 Å². The minimum Gasteiger partial charge on any atom is -0.460 e. The van der Waals surface area contributed by atoms with Crippen molar-refractivity contribution in [2.24, 2.45) is 0 Å². The van der Waals surface area contributed by atoms with Crippen LogP contribution in [0.25, 0.3) is 0 Å². The van der Waals surface area contributed by atoms with Gasteiger partial charge in [0.05, 0.1) is 19.3 Å². The van der Waals surface area contributed by atoms with Gasteiger partial charge in [-0.1, -0.05) is 13.3 Å². The SMILES string of the molecule is CCCC(C)Oc1nc(NC)nc(N2CCOCC2)n1. The number of morpholine rings is 1. The Morgan fingerprint density at radius 3 is 2.70 bits per heavy atom. The summed E-state index contributed by atoms with van der Waals surface area (Å²) in [6.45, 7) is 7.13. The summed E-state index contributed by atoms with van der Waals surface area (Å²) >= 11 is 0. The van der Waals surface area contributed by atoms with E-state index in [0.29, 0.717) is 31.1 Å². The molecule has 1 atom stereocenters. The molecule has 1 aliphatic rings. The molecule has 0 aliphatic carbocycles. The molecule has 0 spiro atoms. The third-order valence-electron chi connectivity index (χ3n) is 3.12. The van der Waals surface area contributed by atoms with Crippen LogP contribution in [0.5, 0.6) is 6.01 Å². The van der Waals surface area contributed by atoms with E-state index in [0.717, 1.165) is 25.9 Å². The predicted molar refractivity (Wildman–Crippen MR) is 77.4 cm³/mol. The molecular formula is C13H23N5O2. The summed E-state index contributed by atoms with van der Waals surface area (Å²) in [5.41, 5.74) is 0. The number of aromatic nitrogens is 3. The first-order chi connectivity index (χ1) is 9.72. The lowest BCUT2D eigenvalue weighted by Crippen LogP contribution is -2.37. The van der Waals surface area contributed by atoms with Crippen LogP contribution in [0.3, 0.4) is 0 Å². The molecule has 1 unspecified atom stereocenters. The fourth-order valence-electron chi connectivity index (χ4n) is 2.06. The molecule has 2 rings (SSSR count). The van der Waals surface area contributed by atoms with Gasteiger partial charge in [0.1, 0.15) is 0 Å². The maximum absolute atomic E-state index is 5.77. The van der Waals surface area contributed by atoms with Crippen LogP contribution in [-0.2, 0) is 4.74 Å². The van der Waals surface area contributed by atoms with Crippen molar-refractivity contribution in [1.29, 1.82) is 0 Å². The zero-order valence-electron chi connectivity index (χ0n) is 12.4. The Bertz CT molecular complexity index is 423. The largest absolute Gasteiger partial charge is 0.460 e. The first-order valence-electron chi connectivity index (χ1n) is 7.16. The van der Waals surface area contributed by atoms with Gasteiger partial charge < -0.3 is 19.7 Å². The highest BCUT2D eigenvalue weighted by Crippen LogP contribution is 2.17. The fraction of sp³-hybridized carbons (Fsp3) is 0.769. The first kappa shape index (κ1) is 14.8. The Morgan fingerprint density at radius 2 is 2.05 bits per heavy atom. The Morgan fingerprint density at radius 1 is 1.30 bits per heavy atom.